The van der Waals surface area contributed by atoms with Gasteiger partial charge in [0.1, 0.15) is 17.9 Å². The molecule has 4 rings (SSSR count). The number of fused-ring (bicyclic) bond motifs is 1. The average Bonchev–Trinajstić information content (AvgIpc) is 3.26. The van der Waals surface area contributed by atoms with E-state index >= 15 is 0 Å². The first kappa shape index (κ1) is 21.8. The van der Waals surface area contributed by atoms with Crippen molar-refractivity contribution in [3.8, 4) is 11.5 Å². The molecule has 0 bridgehead atoms. The monoisotopic (exact) mass is 450 g/mol. The van der Waals surface area contributed by atoms with Gasteiger partial charge in [-0.05, 0) is 18.2 Å². The van der Waals surface area contributed by atoms with Crippen LogP contribution in [0.5, 0.6) is 11.5 Å². The van der Waals surface area contributed by atoms with Gasteiger partial charge in [-0.3, -0.25) is 24.1 Å². The number of amides is 1. The number of nitrogens with one attached hydrogen (secondary N) is 3. The summed E-state index contributed by atoms with van der Waals surface area (Å²) in [5.74, 6) is 1.20. The Bertz CT molecular complexity index is 1410. The number of rotatable bonds is 8. The number of pyridine rings is 1. The second-order valence-electron chi connectivity index (χ2n) is 7.26. The molecule has 0 radical (unpaired) electrons. The molecule has 3 N–H and O–H groups in total. The van der Waals surface area contributed by atoms with Crippen molar-refractivity contribution in [3.05, 3.63) is 75.0 Å². The predicted octanol–water partition coefficient (Wildman–Crippen LogP) is 1.50. The number of imidazole rings is 1. The van der Waals surface area contributed by atoms with Crippen LogP contribution in [0.15, 0.2) is 52.3 Å². The fraction of sp³-hybridized carbons (Fsp3) is 0.227. The number of hydrogen-bond donors (Lipinski definition) is 3. The molecule has 0 saturated carbocycles. The Kier molecular flexibility index (Phi) is 6.20. The minimum atomic E-state index is -0.552. The summed E-state index contributed by atoms with van der Waals surface area (Å²) >= 11 is 0. The van der Waals surface area contributed by atoms with Crippen LogP contribution in [0.25, 0.3) is 11.2 Å². The fourth-order valence-electron chi connectivity index (χ4n) is 3.24. The number of benzene rings is 1. The van der Waals surface area contributed by atoms with E-state index in [-0.39, 0.29) is 29.9 Å². The Balaban J connectivity index is 1.41. The van der Waals surface area contributed by atoms with Crippen molar-refractivity contribution in [1.29, 1.82) is 0 Å². The number of methoxy groups -OCH3 is 1. The van der Waals surface area contributed by atoms with Crippen molar-refractivity contribution < 1.29 is 14.3 Å². The van der Waals surface area contributed by atoms with Crippen LogP contribution in [0.4, 0.5) is 5.69 Å². The largest absolute Gasteiger partial charge is 0.493 e. The summed E-state index contributed by atoms with van der Waals surface area (Å²) in [7, 11) is 3.05. The van der Waals surface area contributed by atoms with E-state index in [2.05, 4.69) is 25.3 Å². The van der Waals surface area contributed by atoms with Crippen LogP contribution < -0.4 is 26.0 Å². The molecule has 11 nitrogen and oxygen atoms in total. The lowest BCUT2D eigenvalue weighted by Gasteiger charge is -2.13. The lowest BCUT2D eigenvalue weighted by atomic mass is 10.2. The highest BCUT2D eigenvalue weighted by atomic mass is 16.5. The van der Waals surface area contributed by atoms with Gasteiger partial charge < -0.3 is 19.8 Å². The number of ether oxygens (including phenoxy) is 2. The second kappa shape index (κ2) is 9.39. The van der Waals surface area contributed by atoms with E-state index in [0.717, 1.165) is 5.56 Å². The van der Waals surface area contributed by atoms with Gasteiger partial charge in [-0.1, -0.05) is 6.07 Å². The molecular formula is C22H22N6O5. The Hall–Kier alpha value is -4.41. The maximum atomic E-state index is 12.5. The molecule has 0 saturated heterocycles. The third kappa shape index (κ3) is 4.92. The van der Waals surface area contributed by atoms with Crippen molar-refractivity contribution in [2.24, 2.45) is 7.05 Å². The van der Waals surface area contributed by atoms with Crippen LogP contribution >= 0.6 is 0 Å². The third-order valence-electron chi connectivity index (χ3n) is 4.96. The number of carbonyl (C=O) groups is 1. The fourth-order valence-corrected chi connectivity index (χ4v) is 3.24. The van der Waals surface area contributed by atoms with Gasteiger partial charge >= 0.3 is 5.69 Å². The van der Waals surface area contributed by atoms with Gasteiger partial charge in [-0.25, -0.2) is 9.78 Å². The highest BCUT2D eigenvalue weighted by Crippen LogP contribution is 2.31. The van der Waals surface area contributed by atoms with Crippen LogP contribution in [0.2, 0.25) is 0 Å². The summed E-state index contributed by atoms with van der Waals surface area (Å²) in [4.78, 5) is 49.5. The quantitative estimate of drug-likeness (QED) is 0.369. The first-order valence-electron chi connectivity index (χ1n) is 10.1. The van der Waals surface area contributed by atoms with Crippen LogP contribution in [-0.2, 0) is 24.9 Å². The number of H-pyrrole nitrogens is 2. The molecule has 33 heavy (non-hydrogen) atoms. The smallest absolute Gasteiger partial charge is 0.329 e. The van der Waals surface area contributed by atoms with Crippen molar-refractivity contribution in [2.45, 2.75) is 19.4 Å². The first-order valence-corrected chi connectivity index (χ1v) is 10.1. The van der Waals surface area contributed by atoms with Crippen molar-refractivity contribution in [2.75, 3.05) is 12.4 Å². The molecule has 11 heteroatoms. The number of aromatic amines is 2. The Morgan fingerprint density at radius 1 is 1.18 bits per heavy atom. The van der Waals surface area contributed by atoms with Gasteiger partial charge in [-0.2, -0.15) is 0 Å². The molecule has 1 aromatic carbocycles. The molecule has 0 fully saturated rings. The SMILES string of the molecule is COc1ccc(NC(=O)CCc2nc3c([nH]2)c(=O)[nH]c(=O)n3C)cc1OCc1cccnc1. The summed E-state index contributed by atoms with van der Waals surface area (Å²) in [5, 5.41) is 2.82. The first-order chi connectivity index (χ1) is 15.9. The lowest BCUT2D eigenvalue weighted by Crippen LogP contribution is -2.28. The Morgan fingerprint density at radius 2 is 2.03 bits per heavy atom. The number of aromatic nitrogens is 5. The molecule has 170 valence electrons. The van der Waals surface area contributed by atoms with Crippen LogP contribution in [-0.4, -0.2) is 37.5 Å². The molecule has 3 heterocycles. The molecule has 4 aromatic rings. The van der Waals surface area contributed by atoms with Crippen LogP contribution in [0.3, 0.4) is 0 Å². The number of hydrogen-bond acceptors (Lipinski definition) is 7. The molecule has 0 aliphatic heterocycles. The van der Waals surface area contributed by atoms with Gasteiger partial charge in [-0.15, -0.1) is 0 Å². The van der Waals surface area contributed by atoms with E-state index < -0.39 is 11.2 Å². The molecule has 0 aliphatic rings. The summed E-state index contributed by atoms with van der Waals surface area (Å²) in [6.07, 6.45) is 3.77. The number of anilines is 1. The number of aryl methyl sites for hydroxylation is 2. The molecule has 1 amide bonds. The van der Waals surface area contributed by atoms with E-state index in [1.807, 2.05) is 12.1 Å². The summed E-state index contributed by atoms with van der Waals surface area (Å²) in [6, 6.07) is 8.83. The lowest BCUT2D eigenvalue weighted by molar-refractivity contribution is -0.116. The highest BCUT2D eigenvalue weighted by molar-refractivity contribution is 5.91. The van der Waals surface area contributed by atoms with E-state index in [0.29, 0.717) is 29.6 Å². The Labute approximate surface area is 187 Å². The second-order valence-corrected chi connectivity index (χ2v) is 7.26. The molecule has 0 aliphatic carbocycles. The van der Waals surface area contributed by atoms with Gasteiger partial charge in [0, 0.05) is 49.6 Å². The Morgan fingerprint density at radius 3 is 2.79 bits per heavy atom. The minimum Gasteiger partial charge on any atom is -0.493 e. The summed E-state index contributed by atoms with van der Waals surface area (Å²) in [6.45, 7) is 0.301. The topological polar surface area (TPSA) is 144 Å². The molecular weight excluding hydrogens is 428 g/mol. The summed E-state index contributed by atoms with van der Waals surface area (Å²) in [5.41, 5.74) is 0.780. The van der Waals surface area contributed by atoms with E-state index in [1.165, 1.54) is 11.6 Å². The van der Waals surface area contributed by atoms with E-state index in [9.17, 15) is 14.4 Å². The molecule has 0 unspecified atom stereocenters. The van der Waals surface area contributed by atoms with Gasteiger partial charge in [0.2, 0.25) is 5.91 Å². The summed E-state index contributed by atoms with van der Waals surface area (Å²) < 4.78 is 12.4. The molecule has 0 spiro atoms. The van der Waals surface area contributed by atoms with Crippen LogP contribution in [0, 0.1) is 0 Å². The van der Waals surface area contributed by atoms with Crippen molar-refractivity contribution >= 4 is 22.8 Å². The predicted molar refractivity (Wildman–Crippen MR) is 120 cm³/mol. The zero-order chi connectivity index (χ0) is 23.4. The number of carbonyl (C=O) groups excluding carboxylic acids is 1. The van der Waals surface area contributed by atoms with Gasteiger partial charge in [0.25, 0.3) is 5.56 Å². The number of nitrogens with zero attached hydrogens (tertiary/aromatic N) is 3. The van der Waals surface area contributed by atoms with Crippen LogP contribution in [0.1, 0.15) is 17.8 Å². The third-order valence-corrected chi connectivity index (χ3v) is 4.96. The van der Waals surface area contributed by atoms with E-state index in [4.69, 9.17) is 9.47 Å². The normalized spacial score (nSPS) is 10.8. The zero-order valence-corrected chi connectivity index (χ0v) is 18.0. The van der Waals surface area contributed by atoms with Crippen molar-refractivity contribution in [3.63, 3.8) is 0 Å². The maximum absolute atomic E-state index is 12.5. The zero-order valence-electron chi connectivity index (χ0n) is 18.0. The standard InChI is InChI=1S/C22H22N6O5/c1-28-20-19(21(30)27-22(28)31)25-17(26-20)7-8-18(29)24-14-5-6-15(32-2)16(10-14)33-12-13-4-3-9-23-11-13/h3-6,9-11H,7-8,12H2,1-2H3,(H,24,29)(H,25,26)(H,27,30,31). The molecule has 0 atom stereocenters. The van der Waals surface area contributed by atoms with Gasteiger partial charge in [0.05, 0.1) is 7.11 Å². The van der Waals surface area contributed by atoms with Crippen molar-refractivity contribution in [1.82, 2.24) is 24.5 Å². The molecule has 3 aromatic heterocycles. The minimum absolute atomic E-state index is 0.115. The van der Waals surface area contributed by atoms with E-state index in [1.54, 1.807) is 37.7 Å². The average molecular weight is 450 g/mol. The highest BCUT2D eigenvalue weighted by Gasteiger charge is 2.13. The van der Waals surface area contributed by atoms with Gasteiger partial charge in [0.15, 0.2) is 17.1 Å². The maximum Gasteiger partial charge on any atom is 0.329 e.